The number of nitrogens with zero attached hydrogens (tertiary/aromatic N) is 3. The van der Waals surface area contributed by atoms with Crippen LogP contribution in [0.5, 0.6) is 28.9 Å². The van der Waals surface area contributed by atoms with Gasteiger partial charge in [0.15, 0.2) is 18.1 Å². The molecule has 222 valence electrons. The first-order valence-electron chi connectivity index (χ1n) is 13.5. The Morgan fingerprint density at radius 3 is 2.61 bits per heavy atom. The summed E-state index contributed by atoms with van der Waals surface area (Å²) in [6, 6.07) is 18.9. The number of rotatable bonds is 7. The summed E-state index contributed by atoms with van der Waals surface area (Å²) in [6.45, 7) is -0.315. The normalized spacial score (nSPS) is 15.0. The highest BCUT2D eigenvalue weighted by Gasteiger charge is 2.36. The SMILES string of the molecule is COc1ccc(-[n+]2[nH]oc(=O)c2C2=Cc3c(c([O-])nn3C(=O)COc3ccc(Cl)cc3)C(c3ccc4c(c3)OCO4)C2)cc1. The number of halogens is 1. The van der Waals surface area contributed by atoms with Crippen LogP contribution in [0.3, 0.4) is 0 Å². The average Bonchev–Trinajstić information content (AvgIpc) is 3.77. The third-order valence-electron chi connectivity index (χ3n) is 7.50. The highest BCUT2D eigenvalue weighted by atomic mass is 35.5. The largest absolute Gasteiger partial charge is 0.857 e. The molecule has 0 saturated carbocycles. The fourth-order valence-electron chi connectivity index (χ4n) is 5.40. The van der Waals surface area contributed by atoms with Gasteiger partial charge in [-0.05, 0) is 82.1 Å². The molecular weight excluding hydrogens is 592 g/mol. The monoisotopic (exact) mass is 614 g/mol. The predicted molar refractivity (Wildman–Crippen MR) is 154 cm³/mol. The minimum Gasteiger partial charge on any atom is -0.857 e. The second-order valence-corrected chi connectivity index (χ2v) is 10.5. The van der Waals surface area contributed by atoms with Crippen molar-refractivity contribution in [1.82, 2.24) is 15.1 Å². The van der Waals surface area contributed by atoms with Gasteiger partial charge in [-0.2, -0.15) is 9.78 Å². The lowest BCUT2D eigenvalue weighted by atomic mass is 9.80. The number of aromatic nitrogens is 4. The molecule has 2 aromatic heterocycles. The van der Waals surface area contributed by atoms with Crippen molar-refractivity contribution in [1.29, 1.82) is 0 Å². The fourth-order valence-corrected chi connectivity index (χ4v) is 5.53. The summed E-state index contributed by atoms with van der Waals surface area (Å²) >= 11 is 5.95. The first kappa shape index (κ1) is 27.3. The van der Waals surface area contributed by atoms with Crippen LogP contribution in [0.25, 0.3) is 17.3 Å². The maximum Gasteiger partial charge on any atom is 0.435 e. The molecule has 1 unspecified atom stereocenters. The van der Waals surface area contributed by atoms with Crippen LogP contribution in [0.4, 0.5) is 0 Å². The zero-order valence-electron chi connectivity index (χ0n) is 23.1. The maximum atomic E-state index is 13.4. The van der Waals surface area contributed by atoms with E-state index in [-0.39, 0.29) is 24.6 Å². The van der Waals surface area contributed by atoms with E-state index >= 15 is 0 Å². The highest BCUT2D eigenvalue weighted by molar-refractivity contribution is 6.30. The molecule has 0 saturated heterocycles. The minimum absolute atomic E-state index is 0.0823. The van der Waals surface area contributed by atoms with Crippen LogP contribution in [0.1, 0.15) is 39.6 Å². The van der Waals surface area contributed by atoms with E-state index in [0.29, 0.717) is 44.8 Å². The Morgan fingerprint density at radius 1 is 1.09 bits per heavy atom. The first-order chi connectivity index (χ1) is 21.4. The van der Waals surface area contributed by atoms with Crippen LogP contribution in [-0.4, -0.2) is 41.5 Å². The van der Waals surface area contributed by atoms with Gasteiger partial charge in [0.05, 0.1) is 12.8 Å². The zero-order chi connectivity index (χ0) is 30.4. The van der Waals surface area contributed by atoms with Crippen molar-refractivity contribution in [3.8, 4) is 34.6 Å². The lowest BCUT2D eigenvalue weighted by molar-refractivity contribution is -0.672. The van der Waals surface area contributed by atoms with Crippen LogP contribution in [0.15, 0.2) is 76.0 Å². The number of benzene rings is 3. The minimum atomic E-state index is -0.634. The molecule has 7 rings (SSSR count). The van der Waals surface area contributed by atoms with Crippen molar-refractivity contribution in [3.05, 3.63) is 105 Å². The summed E-state index contributed by atoms with van der Waals surface area (Å²) in [5.74, 6) is 0.442. The number of carbonyl (C=O) groups is 1. The molecule has 0 spiro atoms. The van der Waals surface area contributed by atoms with Crippen molar-refractivity contribution in [3.63, 3.8) is 0 Å². The molecule has 0 bridgehead atoms. The Morgan fingerprint density at radius 2 is 1.84 bits per heavy atom. The van der Waals surface area contributed by atoms with Crippen LogP contribution in [-0.2, 0) is 0 Å². The first-order valence-corrected chi connectivity index (χ1v) is 13.9. The van der Waals surface area contributed by atoms with Gasteiger partial charge < -0.3 is 24.1 Å². The molecule has 3 aromatic carbocycles. The van der Waals surface area contributed by atoms with Gasteiger partial charge in [-0.3, -0.25) is 9.32 Å². The Labute approximate surface area is 254 Å². The fraction of sp³-hybridized carbons (Fsp3) is 0.161. The number of methoxy groups -OCH3 is 1. The van der Waals surface area contributed by atoms with E-state index in [0.717, 1.165) is 10.2 Å². The molecule has 0 amide bonds. The number of carbonyl (C=O) groups excluding carboxylic acids is 1. The highest BCUT2D eigenvalue weighted by Crippen LogP contribution is 2.46. The van der Waals surface area contributed by atoms with Crippen molar-refractivity contribution in [2.45, 2.75) is 12.3 Å². The molecule has 5 aromatic rings. The number of allylic oxidation sites excluding steroid dienone is 1. The topological polar surface area (TPSA) is 145 Å². The van der Waals surface area contributed by atoms with Crippen molar-refractivity contribution in [2.75, 3.05) is 20.5 Å². The van der Waals surface area contributed by atoms with Gasteiger partial charge in [-0.1, -0.05) is 17.7 Å². The number of H-pyrrole nitrogens is 1. The summed E-state index contributed by atoms with van der Waals surface area (Å²) in [7, 11) is 1.56. The zero-order valence-corrected chi connectivity index (χ0v) is 23.9. The number of nitrogens with one attached hydrogen (secondary N) is 1. The number of ether oxygens (including phenoxy) is 4. The van der Waals surface area contributed by atoms with Crippen LogP contribution >= 0.6 is 11.6 Å². The van der Waals surface area contributed by atoms with Gasteiger partial charge in [0, 0.05) is 34.5 Å². The lowest BCUT2D eigenvalue weighted by Gasteiger charge is -2.24. The molecule has 13 heteroatoms. The van der Waals surface area contributed by atoms with Crippen molar-refractivity contribution in [2.24, 2.45) is 0 Å². The molecule has 1 atom stereocenters. The quantitative estimate of drug-likeness (QED) is 0.271. The second-order valence-electron chi connectivity index (χ2n) is 10.1. The Kier molecular flexibility index (Phi) is 6.82. The van der Waals surface area contributed by atoms with Gasteiger partial charge in [-0.25, -0.2) is 4.79 Å². The maximum absolute atomic E-state index is 13.4. The van der Waals surface area contributed by atoms with Gasteiger partial charge in [-0.15, -0.1) is 0 Å². The van der Waals surface area contributed by atoms with E-state index in [1.54, 1.807) is 73.8 Å². The summed E-state index contributed by atoms with van der Waals surface area (Å²) in [4.78, 5) is 26.6. The number of hydrogen-bond acceptors (Lipinski definition) is 9. The summed E-state index contributed by atoms with van der Waals surface area (Å²) in [5, 5.41) is 20.7. The van der Waals surface area contributed by atoms with Crippen molar-refractivity contribution >= 4 is 29.2 Å². The van der Waals surface area contributed by atoms with E-state index in [9.17, 15) is 14.7 Å². The molecule has 12 nitrogen and oxygen atoms in total. The molecule has 1 aliphatic heterocycles. The summed E-state index contributed by atoms with van der Waals surface area (Å²) in [6.07, 6.45) is 1.84. The molecule has 0 fully saturated rings. The van der Waals surface area contributed by atoms with E-state index in [1.807, 2.05) is 6.07 Å². The van der Waals surface area contributed by atoms with Crippen molar-refractivity contribution < 1.29 is 38.1 Å². The van der Waals surface area contributed by atoms with E-state index in [1.165, 1.54) is 4.68 Å². The van der Waals surface area contributed by atoms with E-state index in [2.05, 4.69) is 10.4 Å². The van der Waals surface area contributed by atoms with Crippen LogP contribution in [0, 0.1) is 0 Å². The predicted octanol–water partition coefficient (Wildman–Crippen LogP) is 3.70. The Bertz CT molecular complexity index is 1980. The molecule has 1 N–H and O–H groups in total. The van der Waals surface area contributed by atoms with E-state index in [4.69, 9.17) is 35.1 Å². The van der Waals surface area contributed by atoms with Gasteiger partial charge in [0.25, 0.3) is 5.91 Å². The molecule has 2 aliphatic rings. The third kappa shape index (κ3) is 4.84. The lowest BCUT2D eigenvalue weighted by Crippen LogP contribution is -2.38. The molecule has 3 heterocycles. The average molecular weight is 615 g/mol. The standard InChI is InChI=1S/C31H23ClN4O8/c1-40-21-9-5-20(6-10-21)35-29(31(39)44-34-35)18-12-23(17-2-11-25-26(14-17)43-16-42-25)28-24(13-18)36(33-30(28)38)27(37)15-41-22-7-3-19(32)4-8-22/h2-11,13-14,23H,12,15-16H2,1H3,(H-,33,34,38,39). The number of hydrogen-bond donors (Lipinski definition) is 1. The molecule has 1 aliphatic carbocycles. The molecule has 44 heavy (non-hydrogen) atoms. The number of fused-ring (bicyclic) bond motifs is 2. The van der Waals surface area contributed by atoms with Gasteiger partial charge in [0.2, 0.25) is 12.5 Å². The smallest absolute Gasteiger partial charge is 0.435 e. The molecule has 0 radical (unpaired) electrons. The number of aromatic amines is 1. The second kappa shape index (κ2) is 11.0. The molecular formula is C31H23ClN4O8. The van der Waals surface area contributed by atoms with Crippen LogP contribution < -0.4 is 34.4 Å². The van der Waals surface area contributed by atoms with Gasteiger partial charge >= 0.3 is 11.3 Å². The third-order valence-corrected chi connectivity index (χ3v) is 7.75. The van der Waals surface area contributed by atoms with Gasteiger partial charge in [0.1, 0.15) is 11.5 Å². The van der Waals surface area contributed by atoms with Crippen LogP contribution in [0.2, 0.25) is 5.02 Å². The van der Waals surface area contributed by atoms with E-state index < -0.39 is 29.9 Å². The Balaban J connectivity index is 1.33. The summed E-state index contributed by atoms with van der Waals surface area (Å²) in [5.41, 5.74) is 1.94. The Hall–Kier alpha value is -5.49. The summed E-state index contributed by atoms with van der Waals surface area (Å²) < 4.78 is 29.7.